The predicted molar refractivity (Wildman–Crippen MR) is 93.6 cm³/mol. The summed E-state index contributed by atoms with van der Waals surface area (Å²) in [4.78, 5) is 11.8. The molecule has 0 aromatic heterocycles. The molecule has 0 saturated heterocycles. The number of rotatable bonds is 8. The highest BCUT2D eigenvalue weighted by molar-refractivity contribution is 7.92. The molecule has 0 saturated carbocycles. The van der Waals surface area contributed by atoms with Crippen LogP contribution in [0.25, 0.3) is 0 Å². The summed E-state index contributed by atoms with van der Waals surface area (Å²) in [6.07, 6.45) is 1.14. The van der Waals surface area contributed by atoms with Gasteiger partial charge in [-0.1, -0.05) is 0 Å². The normalized spacial score (nSPS) is 10.8. The third kappa shape index (κ3) is 6.72. The van der Waals surface area contributed by atoms with Gasteiger partial charge in [-0.05, 0) is 48.5 Å². The Labute approximate surface area is 146 Å². The van der Waals surface area contributed by atoms with Crippen LogP contribution in [0.1, 0.15) is 6.42 Å². The van der Waals surface area contributed by atoms with Gasteiger partial charge < -0.3 is 14.2 Å². The van der Waals surface area contributed by atoms with E-state index in [9.17, 15) is 13.2 Å². The topological polar surface area (TPSA) is 90.9 Å². The van der Waals surface area contributed by atoms with Crippen LogP contribution in [0, 0.1) is 0 Å². The fourth-order valence-electron chi connectivity index (χ4n) is 1.91. The van der Waals surface area contributed by atoms with Gasteiger partial charge in [0.05, 0.1) is 26.4 Å². The van der Waals surface area contributed by atoms with Gasteiger partial charge >= 0.3 is 5.97 Å². The maximum absolute atomic E-state index is 11.8. The van der Waals surface area contributed by atoms with Crippen LogP contribution in [0.3, 0.4) is 0 Å². The van der Waals surface area contributed by atoms with E-state index in [1.807, 2.05) is 0 Å². The Balaban J connectivity index is 1.77. The molecular formula is C17H19NO6S. The van der Waals surface area contributed by atoms with Gasteiger partial charge in [-0.25, -0.2) is 8.42 Å². The highest BCUT2D eigenvalue weighted by atomic mass is 32.2. The predicted octanol–water partition coefficient (Wildman–Crippen LogP) is 2.44. The van der Waals surface area contributed by atoms with Crippen LogP contribution >= 0.6 is 0 Å². The molecule has 0 fully saturated rings. The molecule has 0 spiro atoms. The molecule has 2 rings (SSSR count). The van der Waals surface area contributed by atoms with Crippen molar-refractivity contribution in [3.8, 4) is 17.2 Å². The molecule has 7 nitrogen and oxygen atoms in total. The summed E-state index contributed by atoms with van der Waals surface area (Å²) in [5.41, 5.74) is 0.394. The third-order valence-electron chi connectivity index (χ3n) is 3.02. The van der Waals surface area contributed by atoms with E-state index in [4.69, 9.17) is 14.2 Å². The van der Waals surface area contributed by atoms with Crippen molar-refractivity contribution in [1.29, 1.82) is 0 Å². The Hall–Kier alpha value is -2.74. The van der Waals surface area contributed by atoms with Crippen LogP contribution in [0.15, 0.2) is 48.5 Å². The summed E-state index contributed by atoms with van der Waals surface area (Å²) in [5.74, 6) is 1.23. The Morgan fingerprint density at radius 2 is 1.52 bits per heavy atom. The first kappa shape index (κ1) is 18.6. The van der Waals surface area contributed by atoms with Crippen molar-refractivity contribution in [2.24, 2.45) is 0 Å². The second-order valence-corrected chi connectivity index (χ2v) is 6.90. The first-order valence-electron chi connectivity index (χ1n) is 7.41. The number of methoxy groups -OCH3 is 1. The van der Waals surface area contributed by atoms with Crippen LogP contribution < -0.4 is 18.9 Å². The summed E-state index contributed by atoms with van der Waals surface area (Å²) in [7, 11) is -1.76. The number of carbonyl (C=O) groups is 1. The summed E-state index contributed by atoms with van der Waals surface area (Å²) in [5, 5.41) is 0. The summed E-state index contributed by atoms with van der Waals surface area (Å²) < 4.78 is 40.2. The van der Waals surface area contributed by atoms with Gasteiger partial charge in [0.1, 0.15) is 17.2 Å². The maximum atomic E-state index is 11.8. The van der Waals surface area contributed by atoms with Gasteiger partial charge in [0.15, 0.2) is 0 Å². The van der Waals surface area contributed by atoms with Crippen LogP contribution in [-0.4, -0.2) is 34.4 Å². The zero-order chi connectivity index (χ0) is 18.3. The molecule has 0 atom stereocenters. The molecule has 8 heteroatoms. The number of anilines is 1. The lowest BCUT2D eigenvalue weighted by Gasteiger charge is -2.08. The molecule has 0 heterocycles. The van der Waals surface area contributed by atoms with Crippen molar-refractivity contribution in [2.45, 2.75) is 6.42 Å². The van der Waals surface area contributed by atoms with Gasteiger partial charge in [-0.15, -0.1) is 0 Å². The van der Waals surface area contributed by atoms with E-state index in [0.29, 0.717) is 17.2 Å². The Morgan fingerprint density at radius 1 is 0.960 bits per heavy atom. The molecule has 0 aliphatic heterocycles. The monoisotopic (exact) mass is 365 g/mol. The molecule has 0 bridgehead atoms. The van der Waals surface area contributed by atoms with Crippen LogP contribution in [0.4, 0.5) is 5.69 Å². The molecule has 1 N–H and O–H groups in total. The van der Waals surface area contributed by atoms with Crippen molar-refractivity contribution in [3.05, 3.63) is 48.5 Å². The molecule has 0 aliphatic carbocycles. The minimum atomic E-state index is -3.34. The van der Waals surface area contributed by atoms with E-state index in [1.54, 1.807) is 31.4 Å². The van der Waals surface area contributed by atoms with Crippen LogP contribution in [0.5, 0.6) is 17.2 Å². The zero-order valence-corrected chi connectivity index (χ0v) is 14.7. The first-order chi connectivity index (χ1) is 11.9. The molecule has 0 amide bonds. The van der Waals surface area contributed by atoms with Crippen molar-refractivity contribution < 1.29 is 27.4 Å². The number of nitrogens with one attached hydrogen (secondary N) is 1. The van der Waals surface area contributed by atoms with Gasteiger partial charge in [-0.3, -0.25) is 9.52 Å². The van der Waals surface area contributed by atoms with E-state index < -0.39 is 16.0 Å². The highest BCUT2D eigenvalue weighted by Crippen LogP contribution is 2.18. The Bertz CT molecular complexity index is 800. The second kappa shape index (κ2) is 8.39. The van der Waals surface area contributed by atoms with E-state index in [2.05, 4.69) is 4.72 Å². The lowest BCUT2D eigenvalue weighted by Crippen LogP contribution is -2.13. The molecule has 0 aliphatic rings. The van der Waals surface area contributed by atoms with Crippen molar-refractivity contribution in [3.63, 3.8) is 0 Å². The SMILES string of the molecule is COc1ccc(OCCC(=O)Oc2ccc(NS(C)(=O)=O)cc2)cc1. The van der Waals surface area contributed by atoms with Crippen LogP contribution in [0.2, 0.25) is 0 Å². The molecule has 25 heavy (non-hydrogen) atoms. The third-order valence-corrected chi connectivity index (χ3v) is 3.63. The Morgan fingerprint density at radius 3 is 2.08 bits per heavy atom. The molecule has 2 aromatic rings. The number of hydrogen-bond acceptors (Lipinski definition) is 6. The van der Waals surface area contributed by atoms with Crippen LogP contribution in [-0.2, 0) is 14.8 Å². The number of esters is 1. The first-order valence-corrected chi connectivity index (χ1v) is 9.30. The largest absolute Gasteiger partial charge is 0.497 e. The number of benzene rings is 2. The molecule has 0 radical (unpaired) electrons. The van der Waals surface area contributed by atoms with E-state index in [-0.39, 0.29) is 13.0 Å². The molecule has 2 aromatic carbocycles. The highest BCUT2D eigenvalue weighted by Gasteiger charge is 2.07. The lowest BCUT2D eigenvalue weighted by atomic mass is 10.3. The average Bonchev–Trinajstić information content (AvgIpc) is 2.56. The number of ether oxygens (including phenoxy) is 3. The van der Waals surface area contributed by atoms with Gasteiger partial charge in [0.25, 0.3) is 0 Å². The number of carbonyl (C=O) groups excluding carboxylic acids is 1. The van der Waals surface area contributed by atoms with Crippen molar-refractivity contribution >= 4 is 21.7 Å². The molecular weight excluding hydrogens is 346 g/mol. The smallest absolute Gasteiger partial charge is 0.314 e. The standard InChI is InChI=1S/C17H19NO6S/c1-22-14-7-9-15(10-8-14)23-12-11-17(19)24-16-5-3-13(4-6-16)18-25(2,20)21/h3-10,18H,11-12H2,1-2H3. The van der Waals surface area contributed by atoms with E-state index in [0.717, 1.165) is 12.0 Å². The molecule has 0 unspecified atom stereocenters. The fraction of sp³-hybridized carbons (Fsp3) is 0.235. The second-order valence-electron chi connectivity index (χ2n) is 5.15. The maximum Gasteiger partial charge on any atom is 0.314 e. The number of sulfonamides is 1. The Kier molecular flexibility index (Phi) is 6.24. The van der Waals surface area contributed by atoms with E-state index in [1.165, 1.54) is 24.3 Å². The average molecular weight is 365 g/mol. The van der Waals surface area contributed by atoms with Crippen molar-refractivity contribution in [1.82, 2.24) is 0 Å². The summed E-state index contributed by atoms with van der Waals surface area (Å²) in [6, 6.07) is 13.1. The van der Waals surface area contributed by atoms with Gasteiger partial charge in [0.2, 0.25) is 10.0 Å². The van der Waals surface area contributed by atoms with Gasteiger partial charge in [-0.2, -0.15) is 0 Å². The quantitative estimate of drug-likeness (QED) is 0.571. The summed E-state index contributed by atoms with van der Waals surface area (Å²) >= 11 is 0. The lowest BCUT2D eigenvalue weighted by molar-refractivity contribution is -0.134. The van der Waals surface area contributed by atoms with Gasteiger partial charge in [0, 0.05) is 5.69 Å². The molecule has 134 valence electrons. The van der Waals surface area contributed by atoms with Crippen molar-refractivity contribution in [2.75, 3.05) is 24.7 Å². The zero-order valence-electron chi connectivity index (χ0n) is 13.9. The summed E-state index contributed by atoms with van der Waals surface area (Å²) in [6.45, 7) is 0.179. The minimum Gasteiger partial charge on any atom is -0.497 e. The minimum absolute atomic E-state index is 0.0787. The fourth-order valence-corrected chi connectivity index (χ4v) is 2.48. The number of hydrogen-bond donors (Lipinski definition) is 1. The van der Waals surface area contributed by atoms with E-state index >= 15 is 0 Å².